The Morgan fingerprint density at radius 3 is 2.34 bits per heavy atom. The lowest BCUT2D eigenvalue weighted by atomic mass is 10.0. The monoisotopic (exact) mass is 458 g/mol. The molecule has 0 aliphatic heterocycles. The van der Waals surface area contributed by atoms with Crippen LogP contribution >= 0.6 is 11.6 Å². The highest BCUT2D eigenvalue weighted by Gasteiger charge is 2.29. The summed E-state index contributed by atoms with van der Waals surface area (Å²) < 4.78 is 5.56. The van der Waals surface area contributed by atoms with Crippen molar-refractivity contribution in [2.75, 3.05) is 13.2 Å². The summed E-state index contributed by atoms with van der Waals surface area (Å²) in [7, 11) is 0. The van der Waals surface area contributed by atoms with Crippen LogP contribution in [0.15, 0.2) is 54.6 Å². The first-order valence-corrected chi connectivity index (χ1v) is 11.8. The van der Waals surface area contributed by atoms with Gasteiger partial charge in [0.1, 0.15) is 6.04 Å². The van der Waals surface area contributed by atoms with E-state index in [4.69, 9.17) is 16.3 Å². The zero-order valence-electron chi connectivity index (χ0n) is 19.4. The van der Waals surface area contributed by atoms with E-state index in [0.29, 0.717) is 37.6 Å². The molecule has 174 valence electrons. The van der Waals surface area contributed by atoms with Crippen molar-refractivity contribution in [2.45, 2.75) is 65.1 Å². The van der Waals surface area contributed by atoms with Gasteiger partial charge in [-0.1, -0.05) is 61.0 Å². The number of carbonyl (C=O) groups excluding carboxylic acids is 2. The number of nitrogens with one attached hydrogen (secondary N) is 1. The molecule has 0 radical (unpaired) electrons. The Labute approximate surface area is 197 Å². The molecule has 1 N–H and O–H groups in total. The standard InChI is InChI=1S/C26H35ClN2O3/c1-4-9-25(30)29(19-22-12-14-23(27)15-13-22)24(18-21-10-6-5-7-11-21)26(31)28-16-8-17-32-20(2)3/h5-7,10-15,20,24H,4,8-9,16-19H2,1-3H3,(H,28,31)/t24-/m1/s1. The van der Waals surface area contributed by atoms with Crippen molar-refractivity contribution < 1.29 is 14.3 Å². The van der Waals surface area contributed by atoms with Crippen molar-refractivity contribution in [1.82, 2.24) is 10.2 Å². The van der Waals surface area contributed by atoms with Gasteiger partial charge in [-0.2, -0.15) is 0 Å². The zero-order valence-corrected chi connectivity index (χ0v) is 20.1. The van der Waals surface area contributed by atoms with Gasteiger partial charge in [0.2, 0.25) is 11.8 Å². The number of hydrogen-bond acceptors (Lipinski definition) is 3. The Morgan fingerprint density at radius 1 is 1.03 bits per heavy atom. The number of amides is 2. The highest BCUT2D eigenvalue weighted by Crippen LogP contribution is 2.18. The summed E-state index contributed by atoms with van der Waals surface area (Å²) in [4.78, 5) is 28.1. The zero-order chi connectivity index (χ0) is 23.3. The van der Waals surface area contributed by atoms with Crippen LogP contribution in [0.4, 0.5) is 0 Å². The summed E-state index contributed by atoms with van der Waals surface area (Å²) in [5.41, 5.74) is 1.95. The van der Waals surface area contributed by atoms with Crippen molar-refractivity contribution in [2.24, 2.45) is 0 Å². The third kappa shape index (κ3) is 9.01. The molecule has 0 aliphatic rings. The summed E-state index contributed by atoms with van der Waals surface area (Å²) in [5.74, 6) is -0.168. The second-order valence-electron chi connectivity index (χ2n) is 8.17. The quantitative estimate of drug-likeness (QED) is 0.429. The topological polar surface area (TPSA) is 58.6 Å². The third-order valence-corrected chi connectivity index (χ3v) is 5.32. The third-order valence-electron chi connectivity index (χ3n) is 5.07. The number of benzene rings is 2. The van der Waals surface area contributed by atoms with Gasteiger partial charge in [0.05, 0.1) is 6.10 Å². The average molecular weight is 459 g/mol. The number of halogens is 1. The van der Waals surface area contributed by atoms with E-state index in [1.807, 2.05) is 63.2 Å². The van der Waals surface area contributed by atoms with E-state index in [1.54, 1.807) is 17.0 Å². The van der Waals surface area contributed by atoms with Crippen LogP contribution in [0.2, 0.25) is 5.02 Å². The fraction of sp³-hybridized carbons (Fsp3) is 0.462. The lowest BCUT2D eigenvalue weighted by Gasteiger charge is -2.31. The average Bonchev–Trinajstić information content (AvgIpc) is 2.77. The highest BCUT2D eigenvalue weighted by atomic mass is 35.5. The van der Waals surface area contributed by atoms with Gasteiger partial charge in [-0.3, -0.25) is 9.59 Å². The summed E-state index contributed by atoms with van der Waals surface area (Å²) in [6.45, 7) is 7.40. The number of hydrogen-bond donors (Lipinski definition) is 1. The van der Waals surface area contributed by atoms with Crippen molar-refractivity contribution in [3.63, 3.8) is 0 Å². The summed E-state index contributed by atoms with van der Waals surface area (Å²) in [5, 5.41) is 3.66. The maximum Gasteiger partial charge on any atom is 0.243 e. The second kappa shape index (κ2) is 13.9. The van der Waals surface area contributed by atoms with Crippen LogP contribution in [0.25, 0.3) is 0 Å². The molecule has 0 fully saturated rings. The number of ether oxygens (including phenoxy) is 1. The minimum absolute atomic E-state index is 0.0262. The molecule has 0 bridgehead atoms. The molecule has 2 aromatic carbocycles. The predicted molar refractivity (Wildman–Crippen MR) is 130 cm³/mol. The van der Waals surface area contributed by atoms with E-state index in [2.05, 4.69) is 5.32 Å². The minimum Gasteiger partial charge on any atom is -0.379 e. The molecule has 0 unspecified atom stereocenters. The van der Waals surface area contributed by atoms with Gasteiger partial charge < -0.3 is 15.0 Å². The Hall–Kier alpha value is -2.37. The van der Waals surface area contributed by atoms with Gasteiger partial charge in [0, 0.05) is 37.6 Å². The molecule has 5 nitrogen and oxygen atoms in total. The normalized spacial score (nSPS) is 11.9. The Bertz CT molecular complexity index is 825. The smallest absolute Gasteiger partial charge is 0.243 e. The number of nitrogens with zero attached hydrogens (tertiary/aromatic N) is 1. The van der Waals surface area contributed by atoms with Crippen LogP contribution in [0, 0.1) is 0 Å². The van der Waals surface area contributed by atoms with E-state index in [9.17, 15) is 9.59 Å². The van der Waals surface area contributed by atoms with E-state index >= 15 is 0 Å². The molecule has 2 rings (SSSR count). The molecule has 6 heteroatoms. The molecular weight excluding hydrogens is 424 g/mol. The van der Waals surface area contributed by atoms with E-state index in [0.717, 1.165) is 24.0 Å². The molecule has 2 aromatic rings. The summed E-state index contributed by atoms with van der Waals surface area (Å²) >= 11 is 6.03. The molecule has 0 aromatic heterocycles. The Balaban J connectivity index is 2.21. The van der Waals surface area contributed by atoms with Gasteiger partial charge in [0.25, 0.3) is 0 Å². The fourth-order valence-electron chi connectivity index (χ4n) is 3.42. The van der Waals surface area contributed by atoms with Crippen LogP contribution in [-0.4, -0.2) is 42.0 Å². The van der Waals surface area contributed by atoms with E-state index in [-0.39, 0.29) is 17.9 Å². The van der Waals surface area contributed by atoms with Crippen molar-refractivity contribution in [3.05, 3.63) is 70.7 Å². The molecular formula is C26H35ClN2O3. The lowest BCUT2D eigenvalue weighted by Crippen LogP contribution is -2.50. The molecule has 0 spiro atoms. The Morgan fingerprint density at radius 2 is 1.72 bits per heavy atom. The molecule has 0 saturated heterocycles. The highest BCUT2D eigenvalue weighted by molar-refractivity contribution is 6.30. The molecule has 0 saturated carbocycles. The van der Waals surface area contributed by atoms with Gasteiger partial charge in [-0.25, -0.2) is 0 Å². The first kappa shape index (κ1) is 25.9. The molecule has 0 heterocycles. The second-order valence-corrected chi connectivity index (χ2v) is 8.60. The first-order valence-electron chi connectivity index (χ1n) is 11.4. The van der Waals surface area contributed by atoms with Crippen LogP contribution in [0.3, 0.4) is 0 Å². The van der Waals surface area contributed by atoms with Gasteiger partial charge in [-0.05, 0) is 49.9 Å². The van der Waals surface area contributed by atoms with Crippen molar-refractivity contribution in [3.8, 4) is 0 Å². The molecule has 0 aliphatic carbocycles. The van der Waals surface area contributed by atoms with Gasteiger partial charge in [-0.15, -0.1) is 0 Å². The summed E-state index contributed by atoms with van der Waals surface area (Å²) in [6.07, 6.45) is 2.47. The first-order chi connectivity index (χ1) is 15.4. The minimum atomic E-state index is -0.599. The maximum atomic E-state index is 13.3. The summed E-state index contributed by atoms with van der Waals surface area (Å²) in [6, 6.07) is 16.6. The molecule has 1 atom stereocenters. The maximum absolute atomic E-state index is 13.3. The van der Waals surface area contributed by atoms with Crippen LogP contribution < -0.4 is 5.32 Å². The Kier molecular flexibility index (Phi) is 11.3. The fourth-order valence-corrected chi connectivity index (χ4v) is 3.54. The molecule has 2 amide bonds. The predicted octanol–water partition coefficient (Wildman–Crippen LogP) is 5.01. The number of rotatable bonds is 13. The SMILES string of the molecule is CCCC(=O)N(Cc1ccc(Cl)cc1)[C@H](Cc1ccccc1)C(=O)NCCCOC(C)C. The van der Waals surface area contributed by atoms with Crippen molar-refractivity contribution >= 4 is 23.4 Å². The van der Waals surface area contributed by atoms with Crippen LogP contribution in [-0.2, 0) is 27.3 Å². The number of carbonyl (C=O) groups is 2. The lowest BCUT2D eigenvalue weighted by molar-refractivity contribution is -0.141. The van der Waals surface area contributed by atoms with Crippen LogP contribution in [0.1, 0.15) is 51.2 Å². The van der Waals surface area contributed by atoms with E-state index in [1.165, 1.54) is 0 Å². The van der Waals surface area contributed by atoms with Gasteiger partial charge >= 0.3 is 0 Å². The van der Waals surface area contributed by atoms with Crippen molar-refractivity contribution in [1.29, 1.82) is 0 Å². The largest absolute Gasteiger partial charge is 0.379 e. The van der Waals surface area contributed by atoms with E-state index < -0.39 is 6.04 Å². The van der Waals surface area contributed by atoms with Crippen LogP contribution in [0.5, 0.6) is 0 Å². The van der Waals surface area contributed by atoms with Gasteiger partial charge in [0.15, 0.2) is 0 Å². The molecule has 32 heavy (non-hydrogen) atoms.